The number of carbonyl (C=O) groups excluding carboxylic acids is 1. The largest absolute Gasteiger partial charge is 0.365 e. The SMILES string of the molecule is CC(C)(C)Nc1ccnc(N2CCN(C=O)CC2)n1. The van der Waals surface area contributed by atoms with Crippen LogP contribution in [0.5, 0.6) is 0 Å². The summed E-state index contributed by atoms with van der Waals surface area (Å²) in [6.07, 6.45) is 2.66. The number of nitrogens with zero attached hydrogens (tertiary/aromatic N) is 4. The van der Waals surface area contributed by atoms with E-state index in [2.05, 4.69) is 41.0 Å². The van der Waals surface area contributed by atoms with Crippen LogP contribution in [0.15, 0.2) is 12.3 Å². The van der Waals surface area contributed by atoms with Crippen molar-refractivity contribution in [3.05, 3.63) is 12.3 Å². The van der Waals surface area contributed by atoms with Crippen molar-refractivity contribution in [3.8, 4) is 0 Å². The van der Waals surface area contributed by atoms with Crippen molar-refractivity contribution in [2.75, 3.05) is 36.4 Å². The zero-order chi connectivity index (χ0) is 13.9. The van der Waals surface area contributed by atoms with Gasteiger partial charge in [-0.3, -0.25) is 4.79 Å². The summed E-state index contributed by atoms with van der Waals surface area (Å²) in [5, 5.41) is 3.34. The van der Waals surface area contributed by atoms with Crippen molar-refractivity contribution < 1.29 is 4.79 Å². The molecule has 1 aromatic rings. The van der Waals surface area contributed by atoms with E-state index >= 15 is 0 Å². The second-order valence-corrected chi connectivity index (χ2v) is 5.75. The minimum atomic E-state index is -0.0260. The van der Waals surface area contributed by atoms with Gasteiger partial charge >= 0.3 is 0 Å². The van der Waals surface area contributed by atoms with E-state index in [4.69, 9.17) is 0 Å². The average Bonchev–Trinajstić information content (AvgIpc) is 2.37. The zero-order valence-electron chi connectivity index (χ0n) is 11.8. The molecule has 0 aromatic carbocycles. The molecule has 0 unspecified atom stereocenters. The van der Waals surface area contributed by atoms with Crippen molar-refractivity contribution in [2.45, 2.75) is 26.3 Å². The fourth-order valence-electron chi connectivity index (χ4n) is 1.98. The van der Waals surface area contributed by atoms with Crippen molar-refractivity contribution in [2.24, 2.45) is 0 Å². The molecule has 1 aliphatic heterocycles. The van der Waals surface area contributed by atoms with Gasteiger partial charge in [0.1, 0.15) is 5.82 Å². The third-order valence-corrected chi connectivity index (χ3v) is 2.89. The predicted octanol–water partition coefficient (Wildman–Crippen LogP) is 0.965. The van der Waals surface area contributed by atoms with Gasteiger partial charge in [-0.1, -0.05) is 0 Å². The first kappa shape index (κ1) is 13.6. The highest BCUT2D eigenvalue weighted by Gasteiger charge is 2.18. The number of hydrogen-bond acceptors (Lipinski definition) is 5. The molecule has 1 amide bonds. The Hall–Kier alpha value is -1.85. The molecule has 0 spiro atoms. The van der Waals surface area contributed by atoms with E-state index in [1.165, 1.54) is 0 Å². The predicted molar refractivity (Wildman–Crippen MR) is 75.3 cm³/mol. The van der Waals surface area contributed by atoms with Gasteiger partial charge in [-0.25, -0.2) is 4.98 Å². The minimum Gasteiger partial charge on any atom is -0.365 e. The highest BCUT2D eigenvalue weighted by molar-refractivity contribution is 5.49. The second kappa shape index (κ2) is 5.42. The van der Waals surface area contributed by atoms with Crippen LogP contribution in [0.25, 0.3) is 0 Å². The molecule has 2 heterocycles. The summed E-state index contributed by atoms with van der Waals surface area (Å²) >= 11 is 0. The lowest BCUT2D eigenvalue weighted by molar-refractivity contribution is -0.118. The van der Waals surface area contributed by atoms with Crippen molar-refractivity contribution in [3.63, 3.8) is 0 Å². The van der Waals surface area contributed by atoms with Crippen LogP contribution < -0.4 is 10.2 Å². The van der Waals surface area contributed by atoms with Gasteiger partial charge < -0.3 is 15.1 Å². The highest BCUT2D eigenvalue weighted by Crippen LogP contribution is 2.16. The normalized spacial score (nSPS) is 16.4. The molecule has 1 aliphatic rings. The number of anilines is 2. The Labute approximate surface area is 113 Å². The third-order valence-electron chi connectivity index (χ3n) is 2.89. The molecule has 6 heteroatoms. The number of carbonyl (C=O) groups is 1. The average molecular weight is 263 g/mol. The van der Waals surface area contributed by atoms with Crippen LogP contribution in [0.1, 0.15) is 20.8 Å². The van der Waals surface area contributed by atoms with Gasteiger partial charge in [-0.05, 0) is 26.8 Å². The maximum Gasteiger partial charge on any atom is 0.227 e. The molecule has 2 rings (SSSR count). The molecule has 0 atom stereocenters. The zero-order valence-corrected chi connectivity index (χ0v) is 11.8. The first-order valence-electron chi connectivity index (χ1n) is 6.53. The Kier molecular flexibility index (Phi) is 3.87. The van der Waals surface area contributed by atoms with E-state index in [1.807, 2.05) is 6.07 Å². The number of hydrogen-bond donors (Lipinski definition) is 1. The summed E-state index contributed by atoms with van der Waals surface area (Å²) in [5.74, 6) is 1.55. The topological polar surface area (TPSA) is 61.4 Å². The van der Waals surface area contributed by atoms with Gasteiger partial charge in [0.05, 0.1) is 0 Å². The summed E-state index contributed by atoms with van der Waals surface area (Å²) in [4.78, 5) is 23.4. The first-order chi connectivity index (χ1) is 8.98. The van der Waals surface area contributed by atoms with Crippen LogP contribution in [-0.4, -0.2) is 53.0 Å². The van der Waals surface area contributed by atoms with Gasteiger partial charge in [0.15, 0.2) is 0 Å². The van der Waals surface area contributed by atoms with E-state index < -0.39 is 0 Å². The Balaban J connectivity index is 2.05. The van der Waals surface area contributed by atoms with Gasteiger partial charge in [-0.15, -0.1) is 0 Å². The number of rotatable bonds is 3. The van der Waals surface area contributed by atoms with E-state index in [0.717, 1.165) is 44.4 Å². The van der Waals surface area contributed by atoms with Gasteiger partial charge in [0.25, 0.3) is 0 Å². The van der Waals surface area contributed by atoms with Crippen molar-refractivity contribution in [1.82, 2.24) is 14.9 Å². The Morgan fingerprint density at radius 2 is 1.95 bits per heavy atom. The lowest BCUT2D eigenvalue weighted by Gasteiger charge is -2.32. The summed E-state index contributed by atoms with van der Waals surface area (Å²) in [5.41, 5.74) is -0.0260. The molecule has 6 nitrogen and oxygen atoms in total. The second-order valence-electron chi connectivity index (χ2n) is 5.75. The molecule has 0 radical (unpaired) electrons. The highest BCUT2D eigenvalue weighted by atomic mass is 16.1. The molecular formula is C13H21N5O. The molecule has 0 aliphatic carbocycles. The molecule has 104 valence electrons. The number of nitrogens with one attached hydrogen (secondary N) is 1. The fourth-order valence-corrected chi connectivity index (χ4v) is 1.98. The number of amides is 1. The molecule has 1 N–H and O–H groups in total. The maximum absolute atomic E-state index is 10.7. The van der Waals surface area contributed by atoms with Crippen LogP contribution in [-0.2, 0) is 4.79 Å². The molecular weight excluding hydrogens is 242 g/mol. The summed E-state index contributed by atoms with van der Waals surface area (Å²) in [6.45, 7) is 9.29. The van der Waals surface area contributed by atoms with Crippen molar-refractivity contribution >= 4 is 18.2 Å². The molecule has 0 bridgehead atoms. The lowest BCUT2D eigenvalue weighted by Crippen LogP contribution is -2.46. The van der Waals surface area contributed by atoms with Gasteiger partial charge in [-0.2, -0.15) is 4.98 Å². The van der Waals surface area contributed by atoms with Crippen LogP contribution in [0.3, 0.4) is 0 Å². The Morgan fingerprint density at radius 3 is 2.53 bits per heavy atom. The standard InChI is InChI=1S/C13H21N5O/c1-13(2,3)16-11-4-5-14-12(15-11)18-8-6-17(10-19)7-9-18/h4-5,10H,6-9H2,1-3H3,(H,14,15,16). The van der Waals surface area contributed by atoms with Crippen LogP contribution in [0.4, 0.5) is 11.8 Å². The summed E-state index contributed by atoms with van der Waals surface area (Å²) in [6, 6.07) is 1.87. The van der Waals surface area contributed by atoms with Crippen LogP contribution >= 0.6 is 0 Å². The first-order valence-corrected chi connectivity index (χ1v) is 6.53. The monoisotopic (exact) mass is 263 g/mol. The summed E-state index contributed by atoms with van der Waals surface area (Å²) in [7, 11) is 0. The van der Waals surface area contributed by atoms with Gasteiger partial charge in [0.2, 0.25) is 12.4 Å². The van der Waals surface area contributed by atoms with E-state index in [-0.39, 0.29) is 5.54 Å². The van der Waals surface area contributed by atoms with Crippen LogP contribution in [0, 0.1) is 0 Å². The lowest BCUT2D eigenvalue weighted by atomic mass is 10.1. The quantitative estimate of drug-likeness (QED) is 0.823. The fraction of sp³-hybridized carbons (Fsp3) is 0.615. The van der Waals surface area contributed by atoms with Crippen molar-refractivity contribution in [1.29, 1.82) is 0 Å². The van der Waals surface area contributed by atoms with Crippen LogP contribution in [0.2, 0.25) is 0 Å². The number of piperazine rings is 1. The molecule has 1 aromatic heterocycles. The number of aromatic nitrogens is 2. The smallest absolute Gasteiger partial charge is 0.227 e. The van der Waals surface area contributed by atoms with E-state index in [1.54, 1.807) is 11.1 Å². The molecule has 1 fully saturated rings. The third kappa shape index (κ3) is 3.81. The minimum absolute atomic E-state index is 0.0260. The maximum atomic E-state index is 10.7. The Morgan fingerprint density at radius 1 is 1.26 bits per heavy atom. The Bertz CT molecular complexity index is 435. The summed E-state index contributed by atoms with van der Waals surface area (Å²) < 4.78 is 0. The molecule has 0 saturated carbocycles. The van der Waals surface area contributed by atoms with E-state index in [0.29, 0.717) is 0 Å². The van der Waals surface area contributed by atoms with E-state index in [9.17, 15) is 4.79 Å². The molecule has 19 heavy (non-hydrogen) atoms. The molecule has 1 saturated heterocycles. The van der Waals surface area contributed by atoms with Gasteiger partial charge in [0, 0.05) is 37.9 Å².